The van der Waals surface area contributed by atoms with Crippen LogP contribution in [0.3, 0.4) is 0 Å². The first-order valence-electron chi connectivity index (χ1n) is 5.67. The Labute approximate surface area is 96.2 Å². The summed E-state index contributed by atoms with van der Waals surface area (Å²) in [5, 5.41) is 3.04. The minimum absolute atomic E-state index is 0.0796. The van der Waals surface area contributed by atoms with Crippen molar-refractivity contribution in [2.45, 2.75) is 58.4 Å². The molecule has 0 saturated heterocycles. The molecular weight excluding hydrogens is 217 g/mol. The van der Waals surface area contributed by atoms with Crippen molar-refractivity contribution >= 4 is 0 Å². The standard InChI is InChI=1S/C11H23F3N2/c1-8(2)16(7-11(12,13)14)10(4)6-9(3)15-5/h8-10,15H,6-7H2,1-5H3. The molecule has 0 spiro atoms. The summed E-state index contributed by atoms with van der Waals surface area (Å²) >= 11 is 0. The van der Waals surface area contributed by atoms with Crippen LogP contribution in [-0.4, -0.2) is 42.8 Å². The largest absolute Gasteiger partial charge is 0.401 e. The fraction of sp³-hybridized carbons (Fsp3) is 1.00. The monoisotopic (exact) mass is 240 g/mol. The van der Waals surface area contributed by atoms with Crippen LogP contribution in [-0.2, 0) is 0 Å². The van der Waals surface area contributed by atoms with Gasteiger partial charge in [-0.3, -0.25) is 4.90 Å². The number of halogens is 3. The first-order valence-corrected chi connectivity index (χ1v) is 5.67. The zero-order valence-corrected chi connectivity index (χ0v) is 10.7. The van der Waals surface area contributed by atoms with E-state index in [1.54, 1.807) is 13.8 Å². The van der Waals surface area contributed by atoms with Crippen LogP contribution in [0, 0.1) is 0 Å². The Balaban J connectivity index is 4.41. The highest BCUT2D eigenvalue weighted by Crippen LogP contribution is 2.21. The molecular formula is C11H23F3N2. The lowest BCUT2D eigenvalue weighted by Gasteiger charge is -2.34. The lowest BCUT2D eigenvalue weighted by Crippen LogP contribution is -2.46. The molecule has 16 heavy (non-hydrogen) atoms. The Hall–Kier alpha value is -0.290. The summed E-state index contributed by atoms with van der Waals surface area (Å²) in [6, 6.07) is 0.0502. The van der Waals surface area contributed by atoms with E-state index in [1.165, 1.54) is 4.90 Å². The van der Waals surface area contributed by atoms with Crippen LogP contribution in [0.15, 0.2) is 0 Å². The molecule has 0 aromatic heterocycles. The summed E-state index contributed by atoms with van der Waals surface area (Å²) in [6.45, 7) is 6.59. The number of alkyl halides is 3. The molecule has 2 atom stereocenters. The summed E-state index contributed by atoms with van der Waals surface area (Å²) < 4.78 is 37.2. The van der Waals surface area contributed by atoms with Crippen LogP contribution >= 0.6 is 0 Å². The summed E-state index contributed by atoms with van der Waals surface area (Å²) in [6.07, 6.45) is -3.41. The van der Waals surface area contributed by atoms with Crippen LogP contribution in [0.2, 0.25) is 0 Å². The molecule has 0 aliphatic heterocycles. The molecule has 0 aliphatic carbocycles. The molecule has 0 saturated carbocycles. The molecule has 0 fully saturated rings. The summed E-state index contributed by atoms with van der Waals surface area (Å²) in [7, 11) is 1.82. The van der Waals surface area contributed by atoms with Crippen molar-refractivity contribution in [2.75, 3.05) is 13.6 Å². The first kappa shape index (κ1) is 15.7. The highest BCUT2D eigenvalue weighted by atomic mass is 19.4. The Kier molecular flexibility index (Phi) is 6.33. The Morgan fingerprint density at radius 1 is 1.12 bits per heavy atom. The zero-order chi connectivity index (χ0) is 12.9. The van der Waals surface area contributed by atoms with Crippen molar-refractivity contribution < 1.29 is 13.2 Å². The molecule has 2 unspecified atom stereocenters. The van der Waals surface area contributed by atoms with Gasteiger partial charge in [0.1, 0.15) is 0 Å². The van der Waals surface area contributed by atoms with E-state index < -0.39 is 12.7 Å². The van der Waals surface area contributed by atoms with E-state index in [9.17, 15) is 13.2 Å². The zero-order valence-electron chi connectivity index (χ0n) is 10.7. The Morgan fingerprint density at radius 3 is 1.94 bits per heavy atom. The van der Waals surface area contributed by atoms with E-state index in [-0.39, 0.29) is 18.1 Å². The van der Waals surface area contributed by atoms with Crippen molar-refractivity contribution in [3.63, 3.8) is 0 Å². The molecule has 0 aromatic rings. The predicted molar refractivity (Wildman–Crippen MR) is 60.5 cm³/mol. The number of nitrogens with zero attached hydrogens (tertiary/aromatic N) is 1. The van der Waals surface area contributed by atoms with Gasteiger partial charge in [0.25, 0.3) is 0 Å². The van der Waals surface area contributed by atoms with Crippen molar-refractivity contribution in [3.05, 3.63) is 0 Å². The lowest BCUT2D eigenvalue weighted by molar-refractivity contribution is -0.154. The second-order valence-electron chi connectivity index (χ2n) is 4.66. The van der Waals surface area contributed by atoms with Crippen molar-refractivity contribution in [3.8, 4) is 0 Å². The third kappa shape index (κ3) is 6.33. The van der Waals surface area contributed by atoms with Crippen LogP contribution in [0.5, 0.6) is 0 Å². The third-order valence-electron chi connectivity index (χ3n) is 2.78. The topological polar surface area (TPSA) is 15.3 Å². The average molecular weight is 240 g/mol. The maximum absolute atomic E-state index is 12.4. The van der Waals surface area contributed by atoms with Gasteiger partial charge in [-0.2, -0.15) is 13.2 Å². The Morgan fingerprint density at radius 2 is 1.62 bits per heavy atom. The maximum Gasteiger partial charge on any atom is 0.401 e. The summed E-state index contributed by atoms with van der Waals surface area (Å²) in [5.41, 5.74) is 0. The van der Waals surface area contributed by atoms with Gasteiger partial charge in [-0.05, 0) is 41.2 Å². The van der Waals surface area contributed by atoms with Gasteiger partial charge in [-0.15, -0.1) is 0 Å². The van der Waals surface area contributed by atoms with Gasteiger partial charge < -0.3 is 5.32 Å². The fourth-order valence-corrected chi connectivity index (χ4v) is 1.82. The second-order valence-corrected chi connectivity index (χ2v) is 4.66. The summed E-state index contributed by atoms with van der Waals surface area (Å²) in [4.78, 5) is 1.49. The number of hydrogen-bond donors (Lipinski definition) is 1. The molecule has 98 valence electrons. The molecule has 1 N–H and O–H groups in total. The van der Waals surface area contributed by atoms with Gasteiger partial charge in [0.05, 0.1) is 6.54 Å². The fourth-order valence-electron chi connectivity index (χ4n) is 1.82. The van der Waals surface area contributed by atoms with E-state index in [1.807, 2.05) is 20.9 Å². The molecule has 5 heteroatoms. The highest BCUT2D eigenvalue weighted by molar-refractivity contribution is 4.77. The maximum atomic E-state index is 12.4. The molecule has 0 amide bonds. The van der Waals surface area contributed by atoms with Crippen molar-refractivity contribution in [2.24, 2.45) is 0 Å². The van der Waals surface area contributed by atoms with Gasteiger partial charge in [0.2, 0.25) is 0 Å². The summed E-state index contributed by atoms with van der Waals surface area (Å²) in [5.74, 6) is 0. The normalized spacial score (nSPS) is 16.9. The molecule has 0 rings (SSSR count). The van der Waals surface area contributed by atoms with E-state index in [0.717, 1.165) is 0 Å². The molecule has 2 nitrogen and oxygen atoms in total. The minimum atomic E-state index is -4.12. The molecule has 0 bridgehead atoms. The quantitative estimate of drug-likeness (QED) is 0.768. The molecule has 0 aliphatic rings. The smallest absolute Gasteiger partial charge is 0.317 e. The van der Waals surface area contributed by atoms with Crippen LogP contribution in [0.25, 0.3) is 0 Å². The molecule has 0 aromatic carbocycles. The SMILES string of the molecule is CNC(C)CC(C)N(CC(F)(F)F)C(C)C. The predicted octanol–water partition coefficient (Wildman–Crippen LogP) is 2.65. The third-order valence-corrected chi connectivity index (χ3v) is 2.78. The molecule has 0 radical (unpaired) electrons. The Bertz CT molecular complexity index is 192. The van der Waals surface area contributed by atoms with E-state index in [4.69, 9.17) is 0 Å². The van der Waals surface area contributed by atoms with Gasteiger partial charge in [-0.25, -0.2) is 0 Å². The molecule has 0 heterocycles. The van der Waals surface area contributed by atoms with Gasteiger partial charge in [0.15, 0.2) is 0 Å². The number of rotatable bonds is 6. The van der Waals surface area contributed by atoms with Crippen molar-refractivity contribution in [1.29, 1.82) is 0 Å². The van der Waals surface area contributed by atoms with Crippen LogP contribution < -0.4 is 5.32 Å². The van der Waals surface area contributed by atoms with Gasteiger partial charge in [-0.1, -0.05) is 0 Å². The minimum Gasteiger partial charge on any atom is -0.317 e. The van der Waals surface area contributed by atoms with E-state index >= 15 is 0 Å². The lowest BCUT2D eigenvalue weighted by atomic mass is 10.1. The highest BCUT2D eigenvalue weighted by Gasteiger charge is 2.34. The van der Waals surface area contributed by atoms with Gasteiger partial charge in [0, 0.05) is 18.1 Å². The van der Waals surface area contributed by atoms with Gasteiger partial charge >= 0.3 is 6.18 Å². The first-order chi connectivity index (χ1) is 7.17. The average Bonchev–Trinajstić information content (AvgIpc) is 2.12. The number of hydrogen-bond acceptors (Lipinski definition) is 2. The van der Waals surface area contributed by atoms with Crippen LogP contribution in [0.4, 0.5) is 13.2 Å². The van der Waals surface area contributed by atoms with E-state index in [0.29, 0.717) is 6.42 Å². The number of nitrogens with one attached hydrogen (secondary N) is 1. The van der Waals surface area contributed by atoms with Crippen LogP contribution in [0.1, 0.15) is 34.1 Å². The van der Waals surface area contributed by atoms with Crippen molar-refractivity contribution in [1.82, 2.24) is 10.2 Å². The van der Waals surface area contributed by atoms with E-state index in [2.05, 4.69) is 5.32 Å². The second kappa shape index (κ2) is 6.45.